The van der Waals surface area contributed by atoms with Gasteiger partial charge in [0.1, 0.15) is 11.5 Å². The number of H-pyrrole nitrogens is 1. The number of aryl methyl sites for hydroxylation is 1. The first-order valence-electron chi connectivity index (χ1n) is 7.81. The van der Waals surface area contributed by atoms with Gasteiger partial charge in [0, 0.05) is 22.8 Å². The quantitative estimate of drug-likeness (QED) is 0.710. The van der Waals surface area contributed by atoms with Crippen molar-refractivity contribution in [2.24, 2.45) is 0 Å². The predicted octanol–water partition coefficient (Wildman–Crippen LogP) is 3.55. The molecule has 0 saturated heterocycles. The molecule has 3 heterocycles. The summed E-state index contributed by atoms with van der Waals surface area (Å²) in [7, 11) is 0. The van der Waals surface area contributed by atoms with Gasteiger partial charge in [0.15, 0.2) is 5.13 Å². The van der Waals surface area contributed by atoms with Crippen molar-refractivity contribution in [3.05, 3.63) is 46.7 Å². The zero-order valence-corrected chi connectivity index (χ0v) is 13.9. The summed E-state index contributed by atoms with van der Waals surface area (Å²) in [6, 6.07) is 5.71. The molecule has 0 fully saturated rings. The molecule has 3 aromatic heterocycles. The molecular formula is C17H16N4O2S. The van der Waals surface area contributed by atoms with E-state index in [1.54, 1.807) is 24.5 Å². The van der Waals surface area contributed by atoms with Crippen LogP contribution in [0.25, 0.3) is 11.3 Å². The first kappa shape index (κ1) is 14.9. The van der Waals surface area contributed by atoms with E-state index in [2.05, 4.69) is 15.3 Å². The lowest BCUT2D eigenvalue weighted by molar-refractivity contribution is 0.0519. The number of ether oxygens (including phenoxy) is 1. The van der Waals surface area contributed by atoms with Crippen LogP contribution in [0.5, 0.6) is 0 Å². The first-order chi connectivity index (χ1) is 11.8. The molecule has 3 aromatic rings. The number of esters is 1. The highest BCUT2D eigenvalue weighted by Gasteiger charge is 2.27. The van der Waals surface area contributed by atoms with E-state index in [0.717, 1.165) is 40.6 Å². The molecule has 4 rings (SSSR count). The number of carbonyl (C=O) groups is 1. The summed E-state index contributed by atoms with van der Waals surface area (Å²) < 4.78 is 5.12. The molecule has 0 spiro atoms. The van der Waals surface area contributed by atoms with E-state index in [1.165, 1.54) is 4.88 Å². The fourth-order valence-corrected chi connectivity index (χ4v) is 3.86. The molecule has 0 bridgehead atoms. The second-order valence-corrected chi connectivity index (χ2v) is 6.49. The molecule has 6 nitrogen and oxygen atoms in total. The van der Waals surface area contributed by atoms with Crippen LogP contribution >= 0.6 is 11.3 Å². The zero-order chi connectivity index (χ0) is 16.5. The van der Waals surface area contributed by atoms with E-state index in [9.17, 15) is 4.79 Å². The molecular weight excluding hydrogens is 324 g/mol. The normalized spacial score (nSPS) is 12.4. The number of nitrogens with zero attached hydrogens (tertiary/aromatic N) is 2. The number of pyridine rings is 1. The molecule has 0 atom stereocenters. The second-order valence-electron chi connectivity index (χ2n) is 5.41. The van der Waals surface area contributed by atoms with Crippen LogP contribution in [-0.2, 0) is 17.6 Å². The number of fused-ring (bicyclic) bond motifs is 3. The fraction of sp³-hybridized carbons (Fsp3) is 0.235. The lowest BCUT2D eigenvalue weighted by Crippen LogP contribution is -2.10. The van der Waals surface area contributed by atoms with E-state index in [4.69, 9.17) is 9.72 Å². The number of nitrogens with one attached hydrogen (secondary N) is 2. The largest absolute Gasteiger partial charge is 0.461 e. The molecule has 24 heavy (non-hydrogen) atoms. The van der Waals surface area contributed by atoms with Crippen LogP contribution in [0.15, 0.2) is 30.6 Å². The van der Waals surface area contributed by atoms with Crippen LogP contribution in [-0.4, -0.2) is 27.5 Å². The Morgan fingerprint density at radius 2 is 2.33 bits per heavy atom. The number of rotatable bonds is 4. The van der Waals surface area contributed by atoms with Gasteiger partial charge < -0.3 is 15.0 Å². The Morgan fingerprint density at radius 1 is 1.42 bits per heavy atom. The van der Waals surface area contributed by atoms with E-state index in [0.29, 0.717) is 12.3 Å². The van der Waals surface area contributed by atoms with Gasteiger partial charge in [-0.25, -0.2) is 14.8 Å². The topological polar surface area (TPSA) is 79.9 Å². The maximum Gasteiger partial charge on any atom is 0.355 e. The lowest BCUT2D eigenvalue weighted by atomic mass is 9.95. The molecule has 2 N–H and O–H groups in total. The Hall–Kier alpha value is -2.67. The minimum atomic E-state index is -0.302. The van der Waals surface area contributed by atoms with E-state index in [-0.39, 0.29) is 5.97 Å². The van der Waals surface area contributed by atoms with Crippen molar-refractivity contribution in [2.45, 2.75) is 19.8 Å². The highest BCUT2D eigenvalue weighted by molar-refractivity contribution is 7.16. The van der Waals surface area contributed by atoms with Gasteiger partial charge in [-0.1, -0.05) is 6.07 Å². The van der Waals surface area contributed by atoms with Crippen molar-refractivity contribution in [3.63, 3.8) is 0 Å². The zero-order valence-electron chi connectivity index (χ0n) is 13.1. The standard InChI is InChI=1S/C17H16N4O2S/c1-2-23-16(22)15-10-6-7-12-14(11(10)9-19-15)21-17(24-12)20-13-5-3-4-8-18-13/h3-5,8-9,19H,2,6-7H2,1H3,(H,18,20,21). The summed E-state index contributed by atoms with van der Waals surface area (Å²) in [5.74, 6) is 0.467. The number of aromatic amines is 1. The van der Waals surface area contributed by atoms with Crippen LogP contribution in [0.1, 0.15) is 27.9 Å². The number of anilines is 2. The summed E-state index contributed by atoms with van der Waals surface area (Å²) in [6.45, 7) is 2.17. The van der Waals surface area contributed by atoms with Gasteiger partial charge in [0.2, 0.25) is 0 Å². The van der Waals surface area contributed by atoms with Crippen molar-refractivity contribution >= 4 is 28.3 Å². The minimum absolute atomic E-state index is 0.302. The third-order valence-corrected chi connectivity index (χ3v) is 4.95. The third kappa shape index (κ3) is 2.56. The summed E-state index contributed by atoms with van der Waals surface area (Å²) in [5, 5.41) is 4.05. The Bertz CT molecular complexity index is 885. The molecule has 122 valence electrons. The van der Waals surface area contributed by atoms with Crippen LogP contribution in [0.3, 0.4) is 0 Å². The van der Waals surface area contributed by atoms with E-state index in [1.807, 2.05) is 24.4 Å². The molecule has 0 amide bonds. The summed E-state index contributed by atoms with van der Waals surface area (Å²) >= 11 is 1.63. The van der Waals surface area contributed by atoms with E-state index >= 15 is 0 Å². The van der Waals surface area contributed by atoms with Crippen LogP contribution in [0, 0.1) is 0 Å². The summed E-state index contributed by atoms with van der Waals surface area (Å²) in [6.07, 6.45) is 5.27. The number of thiazole rings is 1. The molecule has 0 unspecified atom stereocenters. The number of aromatic nitrogens is 3. The fourth-order valence-electron chi connectivity index (χ4n) is 2.88. The molecule has 0 radical (unpaired) electrons. The first-order valence-corrected chi connectivity index (χ1v) is 8.63. The van der Waals surface area contributed by atoms with Crippen LogP contribution in [0.2, 0.25) is 0 Å². The van der Waals surface area contributed by atoms with Gasteiger partial charge in [0.25, 0.3) is 0 Å². The van der Waals surface area contributed by atoms with Gasteiger partial charge in [0.05, 0.1) is 12.3 Å². The lowest BCUT2D eigenvalue weighted by Gasteiger charge is -2.11. The molecule has 1 aliphatic rings. The maximum atomic E-state index is 12.0. The van der Waals surface area contributed by atoms with Crippen LogP contribution < -0.4 is 5.32 Å². The summed E-state index contributed by atoms with van der Waals surface area (Å²) in [4.78, 5) is 25.3. The summed E-state index contributed by atoms with van der Waals surface area (Å²) in [5.41, 5.74) is 3.47. The van der Waals surface area contributed by atoms with Crippen molar-refractivity contribution in [2.75, 3.05) is 11.9 Å². The van der Waals surface area contributed by atoms with Crippen molar-refractivity contribution < 1.29 is 9.53 Å². The van der Waals surface area contributed by atoms with Gasteiger partial charge in [-0.05, 0) is 37.5 Å². The number of carbonyl (C=O) groups excluding carboxylic acids is 1. The smallest absolute Gasteiger partial charge is 0.355 e. The van der Waals surface area contributed by atoms with Crippen molar-refractivity contribution in [3.8, 4) is 11.3 Å². The van der Waals surface area contributed by atoms with Crippen molar-refractivity contribution in [1.29, 1.82) is 0 Å². The predicted molar refractivity (Wildman–Crippen MR) is 92.8 cm³/mol. The van der Waals surface area contributed by atoms with E-state index < -0.39 is 0 Å². The van der Waals surface area contributed by atoms with Gasteiger partial charge in [-0.15, -0.1) is 11.3 Å². The van der Waals surface area contributed by atoms with Crippen molar-refractivity contribution in [1.82, 2.24) is 15.0 Å². The number of hydrogen-bond donors (Lipinski definition) is 2. The average molecular weight is 340 g/mol. The highest BCUT2D eigenvalue weighted by atomic mass is 32.1. The Balaban J connectivity index is 1.66. The molecule has 0 aromatic carbocycles. The number of hydrogen-bond acceptors (Lipinski definition) is 6. The maximum absolute atomic E-state index is 12.0. The third-order valence-electron chi connectivity index (χ3n) is 3.92. The average Bonchev–Trinajstić information content (AvgIpc) is 3.18. The Labute approximate surface area is 142 Å². The Morgan fingerprint density at radius 3 is 3.12 bits per heavy atom. The van der Waals surface area contributed by atoms with Gasteiger partial charge in [-0.2, -0.15) is 0 Å². The second kappa shape index (κ2) is 6.09. The minimum Gasteiger partial charge on any atom is -0.461 e. The Kier molecular flexibility index (Phi) is 3.78. The van der Waals surface area contributed by atoms with Crippen LogP contribution in [0.4, 0.5) is 10.9 Å². The molecule has 0 saturated carbocycles. The molecule has 1 aliphatic carbocycles. The molecule has 7 heteroatoms. The SMILES string of the molecule is CCOC(=O)c1[nH]cc2c1CCc1sc(Nc3ccccn3)nc1-2. The van der Waals surface area contributed by atoms with Gasteiger partial charge in [-0.3, -0.25) is 0 Å². The highest BCUT2D eigenvalue weighted by Crippen LogP contribution is 2.40. The van der Waals surface area contributed by atoms with Gasteiger partial charge >= 0.3 is 5.97 Å². The monoisotopic (exact) mass is 340 g/mol. The molecule has 0 aliphatic heterocycles.